The molecule has 1 unspecified atom stereocenters. The van der Waals surface area contributed by atoms with E-state index < -0.39 is 18.1 Å². The molecule has 0 saturated heterocycles. The number of rotatable bonds is 5. The number of carbonyl (C=O) groups is 2. The predicted molar refractivity (Wildman–Crippen MR) is 73.8 cm³/mol. The van der Waals surface area contributed by atoms with Gasteiger partial charge in [0, 0.05) is 7.05 Å². The average molecular weight is 273 g/mol. The predicted octanol–water partition coefficient (Wildman–Crippen LogP) is 2.69. The normalized spacial score (nSPS) is 13.1. The number of hydrogen-bond acceptors (Lipinski definition) is 4. The van der Waals surface area contributed by atoms with Gasteiger partial charge in [0.1, 0.15) is 6.04 Å². The summed E-state index contributed by atoms with van der Waals surface area (Å²) >= 11 is 0. The van der Waals surface area contributed by atoms with Crippen LogP contribution in [0, 0.1) is 11.3 Å². The Morgan fingerprint density at radius 3 is 2.05 bits per heavy atom. The Balaban J connectivity index is 4.27. The number of likely N-dealkylation sites (N-methyl/N-ethyl adjacent to an activating group) is 1. The van der Waals surface area contributed by atoms with Gasteiger partial charge in [0.25, 0.3) is 0 Å². The van der Waals surface area contributed by atoms with E-state index in [0.29, 0.717) is 13.2 Å². The molecule has 0 aliphatic carbocycles. The van der Waals surface area contributed by atoms with Crippen LogP contribution in [0.5, 0.6) is 0 Å². The molecule has 1 atom stereocenters. The lowest BCUT2D eigenvalue weighted by molar-refractivity contribution is -0.149. The van der Waals surface area contributed by atoms with Gasteiger partial charge in [0.15, 0.2) is 0 Å². The summed E-state index contributed by atoms with van der Waals surface area (Å²) in [5, 5.41) is 0. The largest absolute Gasteiger partial charge is 0.464 e. The van der Waals surface area contributed by atoms with Crippen molar-refractivity contribution in [2.24, 2.45) is 11.3 Å². The molecular weight excluding hydrogens is 246 g/mol. The zero-order valence-electron chi connectivity index (χ0n) is 13.1. The van der Waals surface area contributed by atoms with Gasteiger partial charge in [-0.1, -0.05) is 34.6 Å². The Bertz CT molecular complexity index is 307. The Hall–Kier alpha value is -1.26. The first kappa shape index (κ1) is 17.7. The highest BCUT2D eigenvalue weighted by Crippen LogP contribution is 2.14. The van der Waals surface area contributed by atoms with Crippen LogP contribution in [0.1, 0.15) is 41.5 Å². The molecule has 0 aromatic carbocycles. The van der Waals surface area contributed by atoms with Gasteiger partial charge in [0.2, 0.25) is 0 Å². The van der Waals surface area contributed by atoms with Gasteiger partial charge in [-0.15, -0.1) is 0 Å². The fourth-order valence-corrected chi connectivity index (χ4v) is 1.07. The van der Waals surface area contributed by atoms with Crippen molar-refractivity contribution in [2.75, 3.05) is 20.3 Å². The molecule has 0 heterocycles. The van der Waals surface area contributed by atoms with E-state index in [1.807, 2.05) is 34.6 Å². The number of nitrogens with zero attached hydrogens (tertiary/aromatic N) is 1. The van der Waals surface area contributed by atoms with Crippen molar-refractivity contribution in [1.29, 1.82) is 0 Å². The van der Waals surface area contributed by atoms with Crippen LogP contribution in [0.2, 0.25) is 0 Å². The van der Waals surface area contributed by atoms with E-state index in [1.165, 1.54) is 11.9 Å². The van der Waals surface area contributed by atoms with Crippen LogP contribution in [0.4, 0.5) is 4.79 Å². The Morgan fingerprint density at radius 2 is 1.63 bits per heavy atom. The third-order valence-corrected chi connectivity index (χ3v) is 2.40. The van der Waals surface area contributed by atoms with Crippen molar-refractivity contribution >= 4 is 12.1 Å². The zero-order valence-corrected chi connectivity index (χ0v) is 13.1. The molecule has 0 radical (unpaired) electrons. The monoisotopic (exact) mass is 273 g/mol. The fraction of sp³-hybridized carbons (Fsp3) is 0.857. The van der Waals surface area contributed by atoms with Crippen molar-refractivity contribution in [3.8, 4) is 0 Å². The molecule has 0 saturated carbocycles. The second-order valence-electron chi connectivity index (χ2n) is 6.43. The second-order valence-corrected chi connectivity index (χ2v) is 6.43. The number of hydrogen-bond donors (Lipinski definition) is 0. The maximum absolute atomic E-state index is 11.8. The molecule has 0 N–H and O–H groups in total. The first-order valence-corrected chi connectivity index (χ1v) is 6.61. The minimum absolute atomic E-state index is 0.0993. The van der Waals surface area contributed by atoms with Crippen LogP contribution in [-0.2, 0) is 14.3 Å². The number of ether oxygens (including phenoxy) is 2. The van der Waals surface area contributed by atoms with Crippen LogP contribution < -0.4 is 0 Å². The standard InChI is InChI=1S/C14H27NO4/c1-10(2)8-18-12(16)11(3)15(7)13(17)19-9-14(4,5)6/h10-11H,8-9H2,1-7H3. The van der Waals surface area contributed by atoms with E-state index in [1.54, 1.807) is 6.92 Å². The van der Waals surface area contributed by atoms with Crippen molar-refractivity contribution in [3.05, 3.63) is 0 Å². The molecule has 1 amide bonds. The lowest BCUT2D eigenvalue weighted by atomic mass is 9.99. The molecule has 0 aliphatic rings. The summed E-state index contributed by atoms with van der Waals surface area (Å²) < 4.78 is 10.2. The molecule has 0 rings (SSSR count). The van der Waals surface area contributed by atoms with E-state index in [2.05, 4.69) is 0 Å². The van der Waals surface area contributed by atoms with Crippen molar-refractivity contribution in [3.63, 3.8) is 0 Å². The SMILES string of the molecule is CC(C)COC(=O)C(C)N(C)C(=O)OCC(C)(C)C. The zero-order chi connectivity index (χ0) is 15.2. The highest BCUT2D eigenvalue weighted by atomic mass is 16.6. The summed E-state index contributed by atoms with van der Waals surface area (Å²) in [4.78, 5) is 24.8. The summed E-state index contributed by atoms with van der Waals surface area (Å²) in [6, 6.07) is -0.647. The lowest BCUT2D eigenvalue weighted by Crippen LogP contribution is -2.42. The molecule has 5 nitrogen and oxygen atoms in total. The van der Waals surface area contributed by atoms with Gasteiger partial charge >= 0.3 is 12.1 Å². The summed E-state index contributed by atoms with van der Waals surface area (Å²) in [6.07, 6.45) is -0.510. The smallest absolute Gasteiger partial charge is 0.410 e. The number of carbonyl (C=O) groups excluding carboxylic acids is 2. The van der Waals surface area contributed by atoms with Gasteiger partial charge in [0.05, 0.1) is 13.2 Å². The molecule has 0 bridgehead atoms. The quantitative estimate of drug-likeness (QED) is 0.723. The number of esters is 1. The molecule has 0 aliphatic heterocycles. The van der Waals surface area contributed by atoms with Gasteiger partial charge in [-0.05, 0) is 18.3 Å². The third kappa shape index (κ3) is 7.70. The van der Waals surface area contributed by atoms with Gasteiger partial charge in [-0.25, -0.2) is 9.59 Å². The molecule has 5 heteroatoms. The van der Waals surface area contributed by atoms with Gasteiger partial charge in [-0.2, -0.15) is 0 Å². The highest BCUT2D eigenvalue weighted by Gasteiger charge is 2.26. The topological polar surface area (TPSA) is 55.8 Å². The van der Waals surface area contributed by atoms with E-state index in [-0.39, 0.29) is 11.3 Å². The molecule has 0 fully saturated rings. The van der Waals surface area contributed by atoms with E-state index in [9.17, 15) is 9.59 Å². The Morgan fingerprint density at radius 1 is 1.11 bits per heavy atom. The van der Waals surface area contributed by atoms with E-state index in [4.69, 9.17) is 9.47 Å². The van der Waals surface area contributed by atoms with Crippen molar-refractivity contribution in [2.45, 2.75) is 47.6 Å². The van der Waals surface area contributed by atoms with E-state index in [0.717, 1.165) is 0 Å². The first-order chi connectivity index (χ1) is 8.54. The molecule has 112 valence electrons. The van der Waals surface area contributed by atoms with E-state index >= 15 is 0 Å². The maximum atomic E-state index is 11.8. The highest BCUT2D eigenvalue weighted by molar-refractivity contribution is 5.80. The average Bonchev–Trinajstić information content (AvgIpc) is 2.29. The first-order valence-electron chi connectivity index (χ1n) is 6.61. The van der Waals surface area contributed by atoms with Crippen LogP contribution >= 0.6 is 0 Å². The van der Waals surface area contributed by atoms with Gasteiger partial charge < -0.3 is 9.47 Å². The summed E-state index contributed by atoms with van der Waals surface area (Å²) in [5.74, 6) is -0.141. The lowest BCUT2D eigenvalue weighted by Gasteiger charge is -2.25. The Labute approximate surface area is 116 Å². The maximum Gasteiger partial charge on any atom is 0.410 e. The van der Waals surface area contributed by atoms with Crippen molar-refractivity contribution in [1.82, 2.24) is 4.90 Å². The van der Waals surface area contributed by atoms with Gasteiger partial charge in [-0.3, -0.25) is 4.90 Å². The summed E-state index contributed by atoms with van der Waals surface area (Å²) in [7, 11) is 1.53. The molecule has 19 heavy (non-hydrogen) atoms. The summed E-state index contributed by atoms with van der Waals surface area (Å²) in [5.41, 5.74) is -0.0993. The Kier molecular flexibility index (Phi) is 6.87. The number of amides is 1. The molecule has 0 spiro atoms. The van der Waals surface area contributed by atoms with Crippen LogP contribution in [0.25, 0.3) is 0 Å². The molecular formula is C14H27NO4. The molecule has 0 aromatic heterocycles. The molecule has 0 aromatic rings. The van der Waals surface area contributed by atoms with Crippen LogP contribution in [0.3, 0.4) is 0 Å². The third-order valence-electron chi connectivity index (χ3n) is 2.40. The second kappa shape index (κ2) is 7.36. The van der Waals surface area contributed by atoms with Crippen LogP contribution in [-0.4, -0.2) is 43.3 Å². The minimum Gasteiger partial charge on any atom is -0.464 e. The van der Waals surface area contributed by atoms with Crippen LogP contribution in [0.15, 0.2) is 0 Å². The summed E-state index contributed by atoms with van der Waals surface area (Å²) in [6.45, 7) is 12.1. The fourth-order valence-electron chi connectivity index (χ4n) is 1.07. The minimum atomic E-state index is -0.647. The van der Waals surface area contributed by atoms with Crippen molar-refractivity contribution < 1.29 is 19.1 Å².